The van der Waals surface area contributed by atoms with Crippen LogP contribution in [0.4, 0.5) is 0 Å². The highest BCUT2D eigenvalue weighted by molar-refractivity contribution is 6.30. The molecule has 1 saturated heterocycles. The first-order valence-electron chi connectivity index (χ1n) is 9.10. The Balaban J connectivity index is 1.77. The number of ether oxygens (including phenoxy) is 1. The smallest absolute Gasteiger partial charge is 0.251 e. The Hall–Kier alpha value is -2.04. The molecule has 3 rings (SSSR count). The van der Waals surface area contributed by atoms with Gasteiger partial charge in [0.05, 0.1) is 13.2 Å². The van der Waals surface area contributed by atoms with Gasteiger partial charge < -0.3 is 10.1 Å². The van der Waals surface area contributed by atoms with Gasteiger partial charge >= 0.3 is 0 Å². The number of para-hydroxylation sites is 1. The zero-order chi connectivity index (χ0) is 18.4. The molecule has 0 radical (unpaired) electrons. The van der Waals surface area contributed by atoms with E-state index in [1.807, 2.05) is 18.2 Å². The van der Waals surface area contributed by atoms with Gasteiger partial charge in [-0.1, -0.05) is 36.2 Å². The zero-order valence-electron chi connectivity index (χ0n) is 15.1. The highest BCUT2D eigenvalue weighted by Crippen LogP contribution is 2.31. The third-order valence-electron chi connectivity index (χ3n) is 4.89. The Morgan fingerprint density at radius 3 is 2.50 bits per heavy atom. The molecular weight excluding hydrogens is 348 g/mol. The van der Waals surface area contributed by atoms with Crippen LogP contribution in [-0.4, -0.2) is 37.6 Å². The minimum atomic E-state index is -0.0847. The first-order valence-corrected chi connectivity index (χ1v) is 9.47. The fourth-order valence-corrected chi connectivity index (χ4v) is 3.63. The molecule has 26 heavy (non-hydrogen) atoms. The van der Waals surface area contributed by atoms with E-state index in [4.69, 9.17) is 16.3 Å². The van der Waals surface area contributed by atoms with Gasteiger partial charge in [0.25, 0.3) is 5.91 Å². The standard InChI is InChI=1S/C21H25ClN2O2/c1-26-20-8-4-3-7-18(20)19(24-13-5-2-6-14-24)15-23-21(25)16-9-11-17(22)12-10-16/h3-4,7-12,19H,2,5-6,13-15H2,1H3,(H,23,25). The van der Waals surface area contributed by atoms with Crippen LogP contribution in [0.2, 0.25) is 5.02 Å². The number of likely N-dealkylation sites (tertiary alicyclic amines) is 1. The molecule has 0 bridgehead atoms. The van der Waals surface area contributed by atoms with E-state index in [9.17, 15) is 4.79 Å². The van der Waals surface area contributed by atoms with E-state index in [0.717, 1.165) is 24.4 Å². The second-order valence-electron chi connectivity index (χ2n) is 6.57. The maximum absolute atomic E-state index is 12.5. The Morgan fingerprint density at radius 1 is 1.12 bits per heavy atom. The number of hydrogen-bond donors (Lipinski definition) is 1. The summed E-state index contributed by atoms with van der Waals surface area (Å²) >= 11 is 5.91. The summed E-state index contributed by atoms with van der Waals surface area (Å²) in [5.41, 5.74) is 1.74. The first-order chi connectivity index (χ1) is 12.7. The lowest BCUT2D eigenvalue weighted by Crippen LogP contribution is -2.40. The molecule has 1 N–H and O–H groups in total. The van der Waals surface area contributed by atoms with E-state index >= 15 is 0 Å². The second-order valence-corrected chi connectivity index (χ2v) is 7.01. The summed E-state index contributed by atoms with van der Waals surface area (Å²) in [6.45, 7) is 2.63. The van der Waals surface area contributed by atoms with Crippen molar-refractivity contribution in [2.24, 2.45) is 0 Å². The van der Waals surface area contributed by atoms with Crippen molar-refractivity contribution in [1.82, 2.24) is 10.2 Å². The Morgan fingerprint density at radius 2 is 1.81 bits per heavy atom. The van der Waals surface area contributed by atoms with Gasteiger partial charge in [0.2, 0.25) is 0 Å². The molecule has 0 saturated carbocycles. The normalized spacial score (nSPS) is 16.1. The molecule has 1 unspecified atom stereocenters. The van der Waals surface area contributed by atoms with E-state index in [-0.39, 0.29) is 11.9 Å². The van der Waals surface area contributed by atoms with Crippen LogP contribution in [-0.2, 0) is 0 Å². The van der Waals surface area contributed by atoms with Crippen molar-refractivity contribution in [2.45, 2.75) is 25.3 Å². The fraction of sp³-hybridized carbons (Fsp3) is 0.381. The van der Waals surface area contributed by atoms with Crippen LogP contribution in [0.25, 0.3) is 0 Å². The molecule has 1 amide bonds. The third-order valence-corrected chi connectivity index (χ3v) is 5.14. The second kappa shape index (κ2) is 9.06. The average molecular weight is 373 g/mol. The van der Waals surface area contributed by atoms with Crippen molar-refractivity contribution in [3.8, 4) is 5.75 Å². The van der Waals surface area contributed by atoms with Crippen LogP contribution in [0, 0.1) is 0 Å². The highest BCUT2D eigenvalue weighted by atomic mass is 35.5. The van der Waals surface area contributed by atoms with Crippen molar-refractivity contribution in [2.75, 3.05) is 26.7 Å². The third kappa shape index (κ3) is 4.57. The highest BCUT2D eigenvalue weighted by Gasteiger charge is 2.25. The molecule has 5 heteroatoms. The lowest BCUT2D eigenvalue weighted by molar-refractivity contribution is 0.0923. The van der Waals surface area contributed by atoms with Crippen molar-refractivity contribution >= 4 is 17.5 Å². The summed E-state index contributed by atoms with van der Waals surface area (Å²) in [5.74, 6) is 0.780. The van der Waals surface area contributed by atoms with Crippen molar-refractivity contribution in [1.29, 1.82) is 0 Å². The van der Waals surface area contributed by atoms with Crippen LogP contribution < -0.4 is 10.1 Å². The number of benzene rings is 2. The zero-order valence-corrected chi connectivity index (χ0v) is 15.8. The first kappa shape index (κ1) is 18.7. The number of piperidine rings is 1. The van der Waals surface area contributed by atoms with Crippen LogP contribution in [0.15, 0.2) is 48.5 Å². The minimum Gasteiger partial charge on any atom is -0.496 e. The minimum absolute atomic E-state index is 0.0847. The van der Waals surface area contributed by atoms with Gasteiger partial charge in [-0.3, -0.25) is 9.69 Å². The van der Waals surface area contributed by atoms with Gasteiger partial charge in [0, 0.05) is 22.7 Å². The number of hydrogen-bond acceptors (Lipinski definition) is 3. The molecule has 0 aliphatic carbocycles. The molecule has 1 atom stereocenters. The molecule has 0 spiro atoms. The molecule has 1 aliphatic heterocycles. The maximum Gasteiger partial charge on any atom is 0.251 e. The predicted molar refractivity (Wildman–Crippen MR) is 105 cm³/mol. The largest absolute Gasteiger partial charge is 0.496 e. The number of methoxy groups -OCH3 is 1. The number of carbonyl (C=O) groups excluding carboxylic acids is 1. The Kier molecular flexibility index (Phi) is 6.53. The van der Waals surface area contributed by atoms with Gasteiger partial charge in [0.15, 0.2) is 0 Å². The number of carbonyl (C=O) groups is 1. The number of amides is 1. The van der Waals surface area contributed by atoms with E-state index in [2.05, 4.69) is 16.3 Å². The molecule has 1 fully saturated rings. The van der Waals surface area contributed by atoms with Crippen LogP contribution >= 0.6 is 11.6 Å². The molecule has 138 valence electrons. The number of halogens is 1. The van der Waals surface area contributed by atoms with Crippen LogP contribution in [0.5, 0.6) is 5.75 Å². The van der Waals surface area contributed by atoms with Gasteiger partial charge in [-0.25, -0.2) is 0 Å². The summed E-state index contributed by atoms with van der Waals surface area (Å²) < 4.78 is 5.57. The van der Waals surface area contributed by atoms with Gasteiger partial charge in [-0.15, -0.1) is 0 Å². The van der Waals surface area contributed by atoms with E-state index in [1.54, 1.807) is 31.4 Å². The predicted octanol–water partition coefficient (Wildman–Crippen LogP) is 4.31. The van der Waals surface area contributed by atoms with Crippen LogP contribution in [0.3, 0.4) is 0 Å². The Bertz CT molecular complexity index is 727. The fourth-order valence-electron chi connectivity index (χ4n) is 3.50. The molecular formula is C21H25ClN2O2. The molecule has 2 aromatic carbocycles. The van der Waals surface area contributed by atoms with Gasteiger partial charge in [-0.05, 0) is 56.3 Å². The Labute approximate surface area is 160 Å². The van der Waals surface area contributed by atoms with Gasteiger partial charge in [0.1, 0.15) is 5.75 Å². The van der Waals surface area contributed by atoms with E-state index in [0.29, 0.717) is 17.1 Å². The molecule has 4 nitrogen and oxygen atoms in total. The number of nitrogens with zero attached hydrogens (tertiary/aromatic N) is 1. The monoisotopic (exact) mass is 372 g/mol. The molecule has 1 heterocycles. The molecule has 2 aromatic rings. The van der Waals surface area contributed by atoms with Crippen molar-refractivity contribution < 1.29 is 9.53 Å². The average Bonchev–Trinajstić information content (AvgIpc) is 2.69. The summed E-state index contributed by atoms with van der Waals surface area (Å²) in [7, 11) is 1.69. The lowest BCUT2D eigenvalue weighted by atomic mass is 10.0. The number of rotatable bonds is 6. The van der Waals surface area contributed by atoms with E-state index < -0.39 is 0 Å². The van der Waals surface area contributed by atoms with Crippen molar-refractivity contribution in [3.05, 3.63) is 64.7 Å². The van der Waals surface area contributed by atoms with Gasteiger partial charge in [-0.2, -0.15) is 0 Å². The molecule has 0 aromatic heterocycles. The summed E-state index contributed by atoms with van der Waals surface area (Å²) in [5, 5.41) is 3.71. The summed E-state index contributed by atoms with van der Waals surface area (Å²) in [6, 6.07) is 15.1. The SMILES string of the molecule is COc1ccccc1C(CNC(=O)c1ccc(Cl)cc1)N1CCCCC1. The topological polar surface area (TPSA) is 41.6 Å². The quantitative estimate of drug-likeness (QED) is 0.821. The van der Waals surface area contributed by atoms with Crippen molar-refractivity contribution in [3.63, 3.8) is 0 Å². The molecule has 1 aliphatic rings. The lowest BCUT2D eigenvalue weighted by Gasteiger charge is -2.35. The number of nitrogens with one attached hydrogen (secondary N) is 1. The summed E-state index contributed by atoms with van der Waals surface area (Å²) in [4.78, 5) is 15.0. The maximum atomic E-state index is 12.5. The van der Waals surface area contributed by atoms with Crippen LogP contribution in [0.1, 0.15) is 41.2 Å². The van der Waals surface area contributed by atoms with E-state index in [1.165, 1.54) is 19.3 Å². The summed E-state index contributed by atoms with van der Waals surface area (Å²) in [6.07, 6.45) is 3.65.